The predicted octanol–water partition coefficient (Wildman–Crippen LogP) is 3.52. The Hall–Kier alpha value is -3.45. The van der Waals surface area contributed by atoms with Gasteiger partial charge < -0.3 is 63.6 Å². The van der Waals surface area contributed by atoms with Gasteiger partial charge >= 0.3 is 12.1 Å². The van der Waals surface area contributed by atoms with Crippen LogP contribution in [0.1, 0.15) is 101 Å². The van der Waals surface area contributed by atoms with Crippen LogP contribution in [0.3, 0.4) is 0 Å². The topological polar surface area (TPSA) is 240 Å². The number of carbonyl (C=O) groups excluding carboxylic acids is 2. The molecular weight excluding hydrogens is 952 g/mol. The third-order valence-corrected chi connectivity index (χ3v) is 16.3. The zero-order chi connectivity index (χ0) is 53.9. The standard InChI is InChI=1S/C52H85FN6O14/c1-14-41-52(10,66)44(61)33(6)57(12)24-29(2)22-50(8,65)46(31(4)42(32(5)47(63)72-41)40-23-51(9,67-13)45(62)34(7)70-40)73-48-43(60)39(20-30(3)69-48)56(11)18-19-68-28-36-25-58(55-54-36)26-38-27-59(49(64)71-38)37-17-15-16-35(53)21-37/h15-17,21,25,29-34,38-46,48,60-62,65-66H,14,18-20,22-24,26-28H2,1-13H3/t29-,30-,31+,32-,33-,34+,38+,39+,40-,41-,42?,43-,44-,45+,46-,48+,50-,51-,52-/m1/s1. The van der Waals surface area contributed by atoms with Crippen LogP contribution in [0.2, 0.25) is 0 Å². The molecule has 1 amide bonds. The third-order valence-electron chi connectivity index (χ3n) is 16.3. The zero-order valence-corrected chi connectivity index (χ0v) is 45.2. The van der Waals surface area contributed by atoms with Crippen LogP contribution < -0.4 is 4.90 Å². The van der Waals surface area contributed by atoms with E-state index in [4.69, 9.17) is 33.2 Å². The van der Waals surface area contributed by atoms with Crippen LogP contribution in [-0.4, -0.2) is 200 Å². The molecule has 0 spiro atoms. The first-order valence-electron chi connectivity index (χ1n) is 26.0. The summed E-state index contributed by atoms with van der Waals surface area (Å²) in [4.78, 5) is 32.4. The van der Waals surface area contributed by atoms with Crippen molar-refractivity contribution >= 4 is 17.7 Å². The smallest absolute Gasteiger partial charge is 0.414 e. The molecule has 21 heteroatoms. The van der Waals surface area contributed by atoms with Gasteiger partial charge in [0.25, 0.3) is 0 Å². The van der Waals surface area contributed by atoms with Gasteiger partial charge in [-0.15, -0.1) is 5.10 Å². The number of nitrogens with zero attached hydrogens (tertiary/aromatic N) is 6. The second-order valence-electron chi connectivity index (χ2n) is 22.3. The number of hydrogen-bond acceptors (Lipinski definition) is 18. The first kappa shape index (κ1) is 58.8. The highest BCUT2D eigenvalue weighted by Crippen LogP contribution is 2.45. The second-order valence-corrected chi connectivity index (χ2v) is 22.3. The largest absolute Gasteiger partial charge is 0.459 e. The number of halogens is 1. The normalized spacial score (nSPS) is 40.8. The molecule has 1 unspecified atom stereocenters. The molecule has 5 heterocycles. The summed E-state index contributed by atoms with van der Waals surface area (Å²) in [6.07, 6.45) is -7.06. The summed E-state index contributed by atoms with van der Waals surface area (Å²) >= 11 is 0. The Kier molecular flexibility index (Phi) is 19.5. The van der Waals surface area contributed by atoms with Gasteiger partial charge in [0.1, 0.15) is 47.6 Å². The van der Waals surface area contributed by atoms with Crippen molar-refractivity contribution in [3.8, 4) is 0 Å². The van der Waals surface area contributed by atoms with E-state index < -0.39 is 120 Å². The second kappa shape index (κ2) is 24.3. The Morgan fingerprint density at radius 3 is 2.36 bits per heavy atom. The van der Waals surface area contributed by atoms with Crippen molar-refractivity contribution in [1.29, 1.82) is 0 Å². The highest BCUT2D eigenvalue weighted by atomic mass is 19.1. The molecule has 0 aliphatic carbocycles. The lowest BCUT2D eigenvalue weighted by Crippen LogP contribution is -2.62. The lowest BCUT2D eigenvalue weighted by molar-refractivity contribution is -0.303. The van der Waals surface area contributed by atoms with Crippen molar-refractivity contribution in [1.82, 2.24) is 24.8 Å². The van der Waals surface area contributed by atoms with Gasteiger partial charge in [0.05, 0.1) is 79.7 Å². The number of carbonyl (C=O) groups is 2. The number of hydrogen-bond donors (Lipinski definition) is 5. The van der Waals surface area contributed by atoms with Crippen molar-refractivity contribution in [2.45, 2.75) is 198 Å². The predicted molar refractivity (Wildman–Crippen MR) is 265 cm³/mol. The van der Waals surface area contributed by atoms with Crippen LogP contribution >= 0.6 is 0 Å². The van der Waals surface area contributed by atoms with Gasteiger partial charge in [-0.3, -0.25) is 14.6 Å². The summed E-state index contributed by atoms with van der Waals surface area (Å²) in [5.41, 5.74) is -3.55. The molecule has 0 bridgehead atoms. The van der Waals surface area contributed by atoms with E-state index in [0.29, 0.717) is 30.9 Å². The van der Waals surface area contributed by atoms with Gasteiger partial charge in [0.15, 0.2) is 6.29 Å². The fourth-order valence-electron chi connectivity index (χ4n) is 11.9. The number of benzene rings is 1. The third kappa shape index (κ3) is 13.6. The van der Waals surface area contributed by atoms with Gasteiger partial charge in [-0.05, 0) is 105 Å². The number of amides is 1. The van der Waals surface area contributed by atoms with Crippen molar-refractivity contribution < 1.29 is 72.7 Å². The van der Waals surface area contributed by atoms with Crippen molar-refractivity contribution in [2.24, 2.45) is 23.7 Å². The first-order valence-corrected chi connectivity index (χ1v) is 26.0. The minimum absolute atomic E-state index is 0.145. The number of aliphatic hydroxyl groups is 5. The van der Waals surface area contributed by atoms with Crippen molar-refractivity contribution in [2.75, 3.05) is 52.3 Å². The number of esters is 1. The number of anilines is 1. The van der Waals surface area contributed by atoms with E-state index in [9.17, 15) is 39.5 Å². The molecule has 19 atom stereocenters. The highest BCUT2D eigenvalue weighted by molar-refractivity contribution is 5.89. The molecule has 414 valence electrons. The van der Waals surface area contributed by atoms with Crippen LogP contribution in [0.25, 0.3) is 0 Å². The SMILES string of the molecule is CC[C@H]1OC(=O)[C@H](C)C([C@H]2C[C@@](C)(OC)[C@@H](O)[C@H](C)O2)[C@H](C)[C@@H](O[C@@H]2O[C@H](C)C[C@H](N(C)CCOCc3cn(C[C@H]4CN(c5cccc(F)c5)C(=O)O4)nn3)[C@H]2O)[C@](C)(O)C[C@@H](C)CN(C)[C@H](C)[C@@H](O)[C@]1(C)O. The number of aliphatic hydroxyl groups excluding tert-OH is 3. The van der Waals surface area contributed by atoms with Crippen molar-refractivity contribution in [3.63, 3.8) is 0 Å². The first-order chi connectivity index (χ1) is 34.2. The molecule has 0 saturated carbocycles. The molecule has 1 aromatic carbocycles. The van der Waals surface area contributed by atoms with Crippen LogP contribution in [0.5, 0.6) is 0 Å². The lowest BCUT2D eigenvalue weighted by Gasteiger charge is -2.51. The molecule has 1 aromatic heterocycles. The summed E-state index contributed by atoms with van der Waals surface area (Å²) in [6.45, 7) is 19.5. The summed E-state index contributed by atoms with van der Waals surface area (Å²) in [6, 6.07) is 4.72. The lowest BCUT2D eigenvalue weighted by atomic mass is 9.68. The van der Waals surface area contributed by atoms with Gasteiger partial charge in [0.2, 0.25) is 0 Å². The average molecular weight is 1040 g/mol. The minimum atomic E-state index is -1.83. The van der Waals surface area contributed by atoms with Gasteiger partial charge in [0, 0.05) is 44.6 Å². The van der Waals surface area contributed by atoms with Gasteiger partial charge in [-0.1, -0.05) is 39.0 Å². The fraction of sp³-hybridized carbons (Fsp3) is 0.808. The fourth-order valence-corrected chi connectivity index (χ4v) is 11.9. The summed E-state index contributed by atoms with van der Waals surface area (Å²) in [7, 11) is 5.24. The quantitative estimate of drug-likeness (QED) is 0.134. The van der Waals surface area contributed by atoms with Crippen LogP contribution in [0.15, 0.2) is 30.5 Å². The van der Waals surface area contributed by atoms with Crippen LogP contribution in [-0.2, 0) is 51.1 Å². The summed E-state index contributed by atoms with van der Waals surface area (Å²) in [5.74, 6) is -3.70. The Balaban J connectivity index is 1.19. The number of methoxy groups -OCH3 is 1. The Labute approximate surface area is 430 Å². The number of cyclic esters (lactones) is 2. The average Bonchev–Trinajstić information content (AvgIpc) is 3.94. The highest BCUT2D eigenvalue weighted by Gasteiger charge is 2.55. The van der Waals surface area contributed by atoms with Crippen LogP contribution in [0, 0.1) is 29.5 Å². The number of aromatic nitrogens is 3. The molecule has 4 fully saturated rings. The molecule has 4 aliphatic heterocycles. The van der Waals surface area contributed by atoms with E-state index in [1.807, 2.05) is 44.7 Å². The van der Waals surface area contributed by atoms with E-state index in [1.165, 1.54) is 37.1 Å². The molecule has 4 aliphatic rings. The number of likely N-dealkylation sites (N-methyl/N-ethyl adjacent to an activating group) is 2. The van der Waals surface area contributed by atoms with E-state index in [0.717, 1.165) is 0 Å². The molecule has 2 aromatic rings. The molecule has 4 saturated heterocycles. The zero-order valence-electron chi connectivity index (χ0n) is 45.2. The van der Waals surface area contributed by atoms with E-state index in [1.54, 1.807) is 58.5 Å². The summed E-state index contributed by atoms with van der Waals surface area (Å²) in [5, 5.41) is 68.4. The Morgan fingerprint density at radius 1 is 0.973 bits per heavy atom. The molecule has 0 radical (unpaired) electrons. The monoisotopic (exact) mass is 1040 g/mol. The molecule has 73 heavy (non-hydrogen) atoms. The number of rotatable bonds is 14. The van der Waals surface area contributed by atoms with Crippen molar-refractivity contribution in [3.05, 3.63) is 42.0 Å². The molecule has 6 rings (SSSR count). The molecular formula is C52H85FN6O14. The maximum absolute atomic E-state index is 14.6. The van der Waals surface area contributed by atoms with E-state index >= 15 is 0 Å². The molecule has 20 nitrogen and oxygen atoms in total. The van der Waals surface area contributed by atoms with Gasteiger partial charge in [-0.2, -0.15) is 0 Å². The molecule has 5 N–H and O–H groups in total. The number of ether oxygens (including phenoxy) is 7. The maximum atomic E-state index is 14.6. The van der Waals surface area contributed by atoms with Gasteiger partial charge in [-0.25, -0.2) is 13.9 Å². The van der Waals surface area contributed by atoms with Crippen LogP contribution in [0.4, 0.5) is 14.9 Å². The Bertz CT molecular complexity index is 2120. The Morgan fingerprint density at radius 2 is 1.68 bits per heavy atom. The van der Waals surface area contributed by atoms with E-state index in [2.05, 4.69) is 10.3 Å². The maximum Gasteiger partial charge on any atom is 0.414 e. The summed E-state index contributed by atoms with van der Waals surface area (Å²) < 4.78 is 59.0. The van der Waals surface area contributed by atoms with E-state index in [-0.39, 0.29) is 57.6 Å². The minimum Gasteiger partial charge on any atom is -0.459 e.